The molecule has 0 aromatic heterocycles. The Morgan fingerprint density at radius 2 is 2.12 bits per heavy atom. The van der Waals surface area contributed by atoms with E-state index in [2.05, 4.69) is 4.72 Å². The second kappa shape index (κ2) is 5.29. The number of rotatable bonds is 5. The molecule has 0 aliphatic heterocycles. The van der Waals surface area contributed by atoms with Crippen molar-refractivity contribution in [2.45, 2.75) is 18.2 Å². The first-order chi connectivity index (χ1) is 7.47. The standard InChI is InChI=1S/C10H16N2O3S/c1-8-7-9(3-4-10(8)11)16(14,15)12-5-2-6-13/h3-4,7,12-13H,2,5-6,11H2,1H3. The third kappa shape index (κ3) is 3.19. The molecule has 0 spiro atoms. The Balaban J connectivity index is 2.86. The van der Waals surface area contributed by atoms with Gasteiger partial charge in [-0.2, -0.15) is 0 Å². The molecule has 0 heterocycles. The summed E-state index contributed by atoms with van der Waals surface area (Å²) in [5.74, 6) is 0. The lowest BCUT2D eigenvalue weighted by Crippen LogP contribution is -2.25. The fourth-order valence-corrected chi connectivity index (χ4v) is 2.34. The SMILES string of the molecule is Cc1cc(S(=O)(=O)NCCCO)ccc1N. The molecule has 6 heteroatoms. The van der Waals surface area contributed by atoms with Gasteiger partial charge in [0.1, 0.15) is 0 Å². The van der Waals surface area contributed by atoms with Crippen LogP contribution in [0, 0.1) is 6.92 Å². The van der Waals surface area contributed by atoms with Crippen LogP contribution in [0.2, 0.25) is 0 Å². The van der Waals surface area contributed by atoms with Crippen LogP contribution in [0.1, 0.15) is 12.0 Å². The molecule has 1 aromatic carbocycles. The van der Waals surface area contributed by atoms with E-state index < -0.39 is 10.0 Å². The van der Waals surface area contributed by atoms with Gasteiger partial charge in [0.2, 0.25) is 10.0 Å². The van der Waals surface area contributed by atoms with Crippen LogP contribution in [-0.4, -0.2) is 26.7 Å². The summed E-state index contributed by atoms with van der Waals surface area (Å²) in [7, 11) is -3.49. The summed E-state index contributed by atoms with van der Waals surface area (Å²) in [5.41, 5.74) is 6.90. The molecule has 0 aliphatic carbocycles. The van der Waals surface area contributed by atoms with E-state index in [4.69, 9.17) is 10.8 Å². The predicted octanol–water partition coefficient (Wildman–Crippen LogP) is 0.238. The van der Waals surface area contributed by atoms with Gasteiger partial charge in [-0.05, 0) is 37.1 Å². The first-order valence-electron chi connectivity index (χ1n) is 4.94. The van der Waals surface area contributed by atoms with E-state index in [-0.39, 0.29) is 18.0 Å². The maximum absolute atomic E-state index is 11.7. The zero-order chi connectivity index (χ0) is 12.2. The summed E-state index contributed by atoms with van der Waals surface area (Å²) in [6.07, 6.45) is 0.396. The lowest BCUT2D eigenvalue weighted by molar-refractivity contribution is 0.289. The van der Waals surface area contributed by atoms with Crippen molar-refractivity contribution in [1.82, 2.24) is 4.72 Å². The topological polar surface area (TPSA) is 92.4 Å². The molecule has 0 fully saturated rings. The highest BCUT2D eigenvalue weighted by atomic mass is 32.2. The van der Waals surface area contributed by atoms with E-state index in [1.165, 1.54) is 12.1 Å². The highest BCUT2D eigenvalue weighted by molar-refractivity contribution is 7.89. The van der Waals surface area contributed by atoms with Crippen LogP contribution < -0.4 is 10.5 Å². The van der Waals surface area contributed by atoms with Crippen molar-refractivity contribution in [2.75, 3.05) is 18.9 Å². The lowest BCUT2D eigenvalue weighted by Gasteiger charge is -2.07. The number of anilines is 1. The van der Waals surface area contributed by atoms with Gasteiger partial charge in [-0.25, -0.2) is 13.1 Å². The van der Waals surface area contributed by atoms with E-state index in [1.807, 2.05) is 0 Å². The molecule has 16 heavy (non-hydrogen) atoms. The Kier molecular flexibility index (Phi) is 4.28. The first kappa shape index (κ1) is 13.0. The zero-order valence-electron chi connectivity index (χ0n) is 9.10. The van der Waals surface area contributed by atoms with Crippen LogP contribution in [-0.2, 0) is 10.0 Å². The molecule has 1 rings (SSSR count). The highest BCUT2D eigenvalue weighted by Crippen LogP contribution is 2.16. The van der Waals surface area contributed by atoms with Crippen molar-refractivity contribution in [1.29, 1.82) is 0 Å². The molecule has 0 saturated carbocycles. The Labute approximate surface area is 95.3 Å². The van der Waals surface area contributed by atoms with Crippen molar-refractivity contribution in [3.8, 4) is 0 Å². The van der Waals surface area contributed by atoms with Gasteiger partial charge in [0.25, 0.3) is 0 Å². The molecule has 4 N–H and O–H groups in total. The molecule has 90 valence electrons. The summed E-state index contributed by atoms with van der Waals surface area (Å²) in [6, 6.07) is 4.55. The van der Waals surface area contributed by atoms with Gasteiger partial charge in [0, 0.05) is 18.8 Å². The molecular formula is C10H16N2O3S. The minimum absolute atomic E-state index is 0.0384. The maximum atomic E-state index is 11.7. The van der Waals surface area contributed by atoms with E-state index in [0.717, 1.165) is 5.56 Å². The molecule has 0 amide bonds. The molecule has 1 aromatic rings. The summed E-state index contributed by atoms with van der Waals surface area (Å²) < 4.78 is 25.9. The van der Waals surface area contributed by atoms with E-state index in [9.17, 15) is 8.42 Å². The highest BCUT2D eigenvalue weighted by Gasteiger charge is 2.13. The van der Waals surface area contributed by atoms with Crippen LogP contribution in [0.25, 0.3) is 0 Å². The van der Waals surface area contributed by atoms with Crippen molar-refractivity contribution in [3.63, 3.8) is 0 Å². The first-order valence-corrected chi connectivity index (χ1v) is 6.42. The van der Waals surface area contributed by atoms with Crippen LogP contribution in [0.3, 0.4) is 0 Å². The van der Waals surface area contributed by atoms with E-state index in [1.54, 1.807) is 13.0 Å². The quantitative estimate of drug-likeness (QED) is 0.511. The van der Waals surface area contributed by atoms with Crippen molar-refractivity contribution >= 4 is 15.7 Å². The number of aryl methyl sites for hydroxylation is 1. The number of aliphatic hydroxyl groups is 1. The van der Waals surface area contributed by atoms with E-state index in [0.29, 0.717) is 12.1 Å². The minimum atomic E-state index is -3.49. The number of nitrogen functional groups attached to an aromatic ring is 1. The maximum Gasteiger partial charge on any atom is 0.240 e. The van der Waals surface area contributed by atoms with Crippen LogP contribution in [0.4, 0.5) is 5.69 Å². The van der Waals surface area contributed by atoms with Crippen molar-refractivity contribution < 1.29 is 13.5 Å². The molecule has 0 unspecified atom stereocenters. The molecule has 0 saturated heterocycles. The van der Waals surface area contributed by atoms with Crippen LogP contribution in [0.15, 0.2) is 23.1 Å². The molecular weight excluding hydrogens is 228 g/mol. The number of hydrogen-bond acceptors (Lipinski definition) is 4. The average Bonchev–Trinajstić information content (AvgIpc) is 2.22. The van der Waals surface area contributed by atoms with Crippen molar-refractivity contribution in [3.05, 3.63) is 23.8 Å². The fourth-order valence-electron chi connectivity index (χ4n) is 1.18. The predicted molar refractivity (Wildman–Crippen MR) is 62.5 cm³/mol. The largest absolute Gasteiger partial charge is 0.399 e. The smallest absolute Gasteiger partial charge is 0.240 e. The summed E-state index contributed by atoms with van der Waals surface area (Å²) >= 11 is 0. The second-order valence-corrected chi connectivity index (χ2v) is 5.26. The van der Waals surface area contributed by atoms with Gasteiger partial charge in [-0.1, -0.05) is 0 Å². The summed E-state index contributed by atoms with van der Waals surface area (Å²) in [4.78, 5) is 0.192. The molecule has 0 bridgehead atoms. The summed E-state index contributed by atoms with van der Waals surface area (Å²) in [5, 5.41) is 8.56. The van der Waals surface area contributed by atoms with E-state index >= 15 is 0 Å². The van der Waals surface area contributed by atoms with Gasteiger partial charge in [0.15, 0.2) is 0 Å². The number of aliphatic hydroxyl groups excluding tert-OH is 1. The minimum Gasteiger partial charge on any atom is -0.399 e. The normalized spacial score (nSPS) is 11.6. The lowest BCUT2D eigenvalue weighted by atomic mass is 10.2. The molecule has 0 aliphatic rings. The Morgan fingerprint density at radius 3 is 2.69 bits per heavy atom. The van der Waals surface area contributed by atoms with Gasteiger partial charge in [-0.15, -0.1) is 0 Å². The third-order valence-electron chi connectivity index (χ3n) is 2.18. The number of hydrogen-bond donors (Lipinski definition) is 3. The fraction of sp³-hybridized carbons (Fsp3) is 0.400. The number of nitrogens with two attached hydrogens (primary N) is 1. The Morgan fingerprint density at radius 1 is 1.44 bits per heavy atom. The monoisotopic (exact) mass is 244 g/mol. The Hall–Kier alpha value is -1.11. The van der Waals surface area contributed by atoms with Crippen LogP contribution >= 0.6 is 0 Å². The molecule has 5 nitrogen and oxygen atoms in total. The number of nitrogens with one attached hydrogen (secondary N) is 1. The van der Waals surface area contributed by atoms with Crippen molar-refractivity contribution in [2.24, 2.45) is 0 Å². The van der Waals surface area contributed by atoms with Gasteiger partial charge >= 0.3 is 0 Å². The number of sulfonamides is 1. The van der Waals surface area contributed by atoms with Crippen LogP contribution in [0.5, 0.6) is 0 Å². The average molecular weight is 244 g/mol. The number of benzene rings is 1. The second-order valence-electron chi connectivity index (χ2n) is 3.49. The van der Waals surface area contributed by atoms with Gasteiger partial charge < -0.3 is 10.8 Å². The Bertz CT molecular complexity index is 457. The summed E-state index contributed by atoms with van der Waals surface area (Å²) in [6.45, 7) is 1.94. The van der Waals surface area contributed by atoms with Gasteiger partial charge in [-0.3, -0.25) is 0 Å². The zero-order valence-corrected chi connectivity index (χ0v) is 9.92. The molecule has 0 radical (unpaired) electrons. The molecule has 0 atom stereocenters. The van der Waals surface area contributed by atoms with Gasteiger partial charge in [0.05, 0.1) is 4.90 Å². The third-order valence-corrected chi connectivity index (χ3v) is 3.64.